The third-order valence-corrected chi connectivity index (χ3v) is 5.10. The number of carbonyl (C=O) groups excluding carboxylic acids is 1. The first-order valence-corrected chi connectivity index (χ1v) is 10.5. The van der Waals surface area contributed by atoms with E-state index in [-0.39, 0.29) is 18.2 Å². The minimum Gasteiger partial charge on any atom is -0.443 e. The minimum atomic E-state index is -0.550. The second-order valence-electron chi connectivity index (χ2n) is 8.97. The lowest BCUT2D eigenvalue weighted by molar-refractivity contribution is 0.0568. The Hall–Kier alpha value is -2.40. The fraction of sp³-hybridized carbons (Fsp3) is 0.500. The lowest BCUT2D eigenvalue weighted by Gasteiger charge is -2.33. The summed E-state index contributed by atoms with van der Waals surface area (Å²) >= 11 is 0. The first-order chi connectivity index (χ1) is 13.8. The molecule has 1 unspecified atom stereocenters. The fourth-order valence-electron chi connectivity index (χ4n) is 3.91. The Morgan fingerprint density at radius 1 is 1.21 bits per heavy atom. The number of hydrogen-bond donors (Lipinski definition) is 0. The van der Waals surface area contributed by atoms with Crippen LogP contribution < -0.4 is 4.90 Å². The van der Waals surface area contributed by atoms with Crippen LogP contribution in [0, 0.1) is 0 Å². The molecule has 1 fully saturated rings. The molecule has 1 atom stereocenters. The van der Waals surface area contributed by atoms with Crippen LogP contribution in [0.25, 0.3) is 0 Å². The smallest absolute Gasteiger partial charge is 0.416 e. The van der Waals surface area contributed by atoms with Gasteiger partial charge in [0.25, 0.3) is 0 Å². The monoisotopic (exact) mass is 395 g/mol. The lowest BCUT2D eigenvalue weighted by Crippen LogP contribution is -2.42. The first-order valence-electron chi connectivity index (χ1n) is 10.5. The predicted octanol–water partition coefficient (Wildman–Crippen LogP) is 5.57. The summed E-state index contributed by atoms with van der Waals surface area (Å²) in [4.78, 5) is 21.8. The molecule has 0 radical (unpaired) electrons. The molecule has 29 heavy (non-hydrogen) atoms. The Bertz CT molecular complexity index is 814. The molecule has 1 aliphatic rings. The largest absolute Gasteiger partial charge is 0.443 e. The fourth-order valence-corrected chi connectivity index (χ4v) is 3.91. The minimum absolute atomic E-state index is 0.0533. The number of amides is 1. The number of pyridine rings is 1. The molecule has 1 aromatic carbocycles. The van der Waals surface area contributed by atoms with Gasteiger partial charge in [-0.3, -0.25) is 9.80 Å². The van der Waals surface area contributed by atoms with E-state index in [0.29, 0.717) is 5.82 Å². The van der Waals surface area contributed by atoms with Crippen molar-refractivity contribution in [2.75, 3.05) is 11.4 Å². The molecule has 2 aromatic rings. The maximum atomic E-state index is 13.0. The van der Waals surface area contributed by atoms with Crippen molar-refractivity contribution < 1.29 is 9.53 Å². The zero-order valence-electron chi connectivity index (χ0n) is 18.3. The Labute approximate surface area is 174 Å². The molecule has 156 valence electrons. The molecule has 1 aromatic heterocycles. The van der Waals surface area contributed by atoms with Gasteiger partial charge in [-0.15, -0.1) is 0 Å². The maximum Gasteiger partial charge on any atom is 0.416 e. The Kier molecular flexibility index (Phi) is 6.58. The van der Waals surface area contributed by atoms with Crippen LogP contribution in [0.5, 0.6) is 0 Å². The normalized spacial score (nSPS) is 17.5. The van der Waals surface area contributed by atoms with Gasteiger partial charge in [0.2, 0.25) is 0 Å². The van der Waals surface area contributed by atoms with Crippen molar-refractivity contribution in [3.63, 3.8) is 0 Å². The SMILES string of the molecule is CC(C)N(C(=O)OC(C)(C)C)c1ncccc1C1CCCN1Cc1ccccc1. The van der Waals surface area contributed by atoms with Gasteiger partial charge in [0.05, 0.1) is 0 Å². The van der Waals surface area contributed by atoms with Crippen LogP contribution in [0.4, 0.5) is 10.6 Å². The van der Waals surface area contributed by atoms with Crippen LogP contribution >= 0.6 is 0 Å². The molecule has 3 rings (SSSR count). The van der Waals surface area contributed by atoms with Gasteiger partial charge in [-0.1, -0.05) is 36.4 Å². The molecule has 1 saturated heterocycles. The van der Waals surface area contributed by atoms with Crippen molar-refractivity contribution in [3.05, 3.63) is 59.8 Å². The number of benzene rings is 1. The van der Waals surface area contributed by atoms with Gasteiger partial charge in [-0.05, 0) is 65.6 Å². The summed E-state index contributed by atoms with van der Waals surface area (Å²) in [6.07, 6.45) is 3.61. The van der Waals surface area contributed by atoms with E-state index in [0.717, 1.165) is 31.5 Å². The summed E-state index contributed by atoms with van der Waals surface area (Å²) in [5.41, 5.74) is 1.85. The van der Waals surface area contributed by atoms with E-state index in [1.54, 1.807) is 11.1 Å². The molecule has 0 saturated carbocycles. The molecule has 0 spiro atoms. The number of likely N-dealkylation sites (tertiary alicyclic amines) is 1. The molecular formula is C24H33N3O2. The van der Waals surface area contributed by atoms with Crippen molar-refractivity contribution in [1.29, 1.82) is 0 Å². The Balaban J connectivity index is 1.91. The third kappa shape index (κ3) is 5.36. The number of ether oxygens (including phenoxy) is 1. The van der Waals surface area contributed by atoms with Crippen molar-refractivity contribution >= 4 is 11.9 Å². The molecule has 0 aliphatic carbocycles. The van der Waals surface area contributed by atoms with Crippen LogP contribution in [0.15, 0.2) is 48.7 Å². The van der Waals surface area contributed by atoms with Gasteiger partial charge in [0.15, 0.2) is 0 Å². The van der Waals surface area contributed by atoms with Crippen LogP contribution in [0.1, 0.15) is 64.6 Å². The van der Waals surface area contributed by atoms with E-state index in [1.807, 2.05) is 46.8 Å². The van der Waals surface area contributed by atoms with Gasteiger partial charge in [-0.25, -0.2) is 9.78 Å². The van der Waals surface area contributed by atoms with Crippen molar-refractivity contribution in [3.8, 4) is 0 Å². The topological polar surface area (TPSA) is 45.7 Å². The van der Waals surface area contributed by atoms with Crippen molar-refractivity contribution in [2.45, 2.75) is 71.7 Å². The van der Waals surface area contributed by atoms with E-state index in [9.17, 15) is 4.79 Å². The summed E-state index contributed by atoms with van der Waals surface area (Å²) in [6.45, 7) is 11.6. The highest BCUT2D eigenvalue weighted by atomic mass is 16.6. The summed E-state index contributed by atoms with van der Waals surface area (Å²) in [5, 5.41) is 0. The van der Waals surface area contributed by atoms with E-state index in [4.69, 9.17) is 4.74 Å². The van der Waals surface area contributed by atoms with E-state index >= 15 is 0 Å². The van der Waals surface area contributed by atoms with Crippen LogP contribution in [0.2, 0.25) is 0 Å². The molecule has 2 heterocycles. The van der Waals surface area contributed by atoms with Gasteiger partial charge in [0.1, 0.15) is 11.4 Å². The number of aromatic nitrogens is 1. The van der Waals surface area contributed by atoms with Gasteiger partial charge in [0, 0.05) is 30.4 Å². The highest BCUT2D eigenvalue weighted by molar-refractivity contribution is 5.88. The summed E-state index contributed by atoms with van der Waals surface area (Å²) in [7, 11) is 0. The third-order valence-electron chi connectivity index (χ3n) is 5.10. The van der Waals surface area contributed by atoms with Crippen LogP contribution in [-0.2, 0) is 11.3 Å². The number of rotatable bonds is 5. The van der Waals surface area contributed by atoms with Crippen molar-refractivity contribution in [2.24, 2.45) is 0 Å². The lowest BCUT2D eigenvalue weighted by atomic mass is 10.0. The predicted molar refractivity (Wildman–Crippen MR) is 117 cm³/mol. The van der Waals surface area contributed by atoms with Crippen LogP contribution in [-0.4, -0.2) is 34.2 Å². The quantitative estimate of drug-likeness (QED) is 0.664. The molecule has 5 heteroatoms. The van der Waals surface area contributed by atoms with Gasteiger partial charge in [-0.2, -0.15) is 0 Å². The van der Waals surface area contributed by atoms with Gasteiger partial charge < -0.3 is 4.74 Å². The van der Waals surface area contributed by atoms with E-state index in [1.165, 1.54) is 5.56 Å². The molecule has 5 nitrogen and oxygen atoms in total. The average Bonchev–Trinajstić information content (AvgIpc) is 3.09. The van der Waals surface area contributed by atoms with Gasteiger partial charge >= 0.3 is 6.09 Å². The molecule has 0 bridgehead atoms. The second kappa shape index (κ2) is 8.95. The summed E-state index contributed by atoms with van der Waals surface area (Å²) in [6, 6.07) is 14.8. The van der Waals surface area contributed by atoms with E-state index < -0.39 is 5.60 Å². The average molecular weight is 396 g/mol. The zero-order valence-corrected chi connectivity index (χ0v) is 18.3. The molecular weight excluding hydrogens is 362 g/mol. The Morgan fingerprint density at radius 3 is 2.59 bits per heavy atom. The number of nitrogens with zero attached hydrogens (tertiary/aromatic N) is 3. The van der Waals surface area contributed by atoms with Crippen LogP contribution in [0.3, 0.4) is 0 Å². The number of carbonyl (C=O) groups is 1. The van der Waals surface area contributed by atoms with Crippen molar-refractivity contribution in [1.82, 2.24) is 9.88 Å². The standard InChI is InChI=1S/C24H33N3O2/c1-18(2)27(23(28)29-24(3,4)5)22-20(13-9-15-25-22)21-14-10-16-26(21)17-19-11-7-6-8-12-19/h6-9,11-13,15,18,21H,10,14,16-17H2,1-5H3. The highest BCUT2D eigenvalue weighted by Gasteiger charge is 2.33. The summed E-state index contributed by atoms with van der Waals surface area (Å²) < 4.78 is 5.69. The second-order valence-corrected chi connectivity index (χ2v) is 8.97. The number of anilines is 1. The summed E-state index contributed by atoms with van der Waals surface area (Å²) in [5.74, 6) is 0.710. The highest BCUT2D eigenvalue weighted by Crippen LogP contribution is 2.38. The molecule has 0 N–H and O–H groups in total. The van der Waals surface area contributed by atoms with E-state index in [2.05, 4.69) is 40.2 Å². The maximum absolute atomic E-state index is 13.0. The zero-order chi connectivity index (χ0) is 21.0. The molecule has 1 amide bonds. The number of hydrogen-bond acceptors (Lipinski definition) is 4. The first kappa shape index (κ1) is 21.3. The molecule has 1 aliphatic heterocycles. The Morgan fingerprint density at radius 2 is 1.93 bits per heavy atom.